The fourth-order valence-electron chi connectivity index (χ4n) is 4.00. The summed E-state index contributed by atoms with van der Waals surface area (Å²) in [6.45, 7) is 2.96. The van der Waals surface area contributed by atoms with Crippen LogP contribution in [-0.2, 0) is 11.8 Å². The highest BCUT2D eigenvalue weighted by atomic mass is 16.5. The van der Waals surface area contributed by atoms with Gasteiger partial charge in [-0.25, -0.2) is 15.0 Å². The highest BCUT2D eigenvalue weighted by Gasteiger charge is 2.23. The van der Waals surface area contributed by atoms with Crippen LogP contribution in [-0.4, -0.2) is 55.0 Å². The zero-order chi connectivity index (χ0) is 24.4. The summed E-state index contributed by atoms with van der Waals surface area (Å²) in [5.74, 6) is 1.74. The molecule has 4 aromatic heterocycles. The third-order valence-corrected chi connectivity index (χ3v) is 5.66. The number of aromatic nitrogens is 7. The highest BCUT2D eigenvalue weighted by Crippen LogP contribution is 2.33. The topological polar surface area (TPSA) is 136 Å². The fraction of sp³-hybridized carbons (Fsp3) is 0.292. The maximum Gasteiger partial charge on any atom is 0.261 e. The van der Waals surface area contributed by atoms with Gasteiger partial charge in [-0.2, -0.15) is 5.10 Å². The molecule has 5 aromatic rings. The minimum atomic E-state index is -0.285. The molecule has 0 spiro atoms. The quantitative estimate of drug-likeness (QED) is 0.277. The lowest BCUT2D eigenvalue weighted by molar-refractivity contribution is 0.146. The van der Waals surface area contributed by atoms with E-state index in [1.165, 1.54) is 0 Å². The molecular formula is C24H26N8O3. The number of aromatic amines is 2. The van der Waals surface area contributed by atoms with E-state index in [4.69, 9.17) is 14.5 Å². The summed E-state index contributed by atoms with van der Waals surface area (Å²) in [5, 5.41) is 8.08. The van der Waals surface area contributed by atoms with Crippen LogP contribution in [0.2, 0.25) is 0 Å². The largest absolute Gasteiger partial charge is 0.491 e. The molecule has 0 unspecified atom stereocenters. The smallest absolute Gasteiger partial charge is 0.261 e. The second-order valence-corrected chi connectivity index (χ2v) is 8.09. The molecule has 11 nitrogen and oxygen atoms in total. The van der Waals surface area contributed by atoms with Crippen molar-refractivity contribution in [1.82, 2.24) is 34.7 Å². The van der Waals surface area contributed by atoms with Gasteiger partial charge in [-0.05, 0) is 24.6 Å². The molecule has 0 aliphatic rings. The number of imidazole rings is 1. The van der Waals surface area contributed by atoms with Crippen molar-refractivity contribution >= 4 is 27.8 Å². The molecule has 180 valence electrons. The highest BCUT2D eigenvalue weighted by molar-refractivity contribution is 5.96. The van der Waals surface area contributed by atoms with E-state index in [1.807, 2.05) is 32.2 Å². The van der Waals surface area contributed by atoms with Gasteiger partial charge in [0.15, 0.2) is 0 Å². The number of rotatable bonds is 9. The zero-order valence-electron chi connectivity index (χ0n) is 19.7. The summed E-state index contributed by atoms with van der Waals surface area (Å²) in [4.78, 5) is 33.0. The maximum absolute atomic E-state index is 13.3. The first kappa shape index (κ1) is 22.5. The van der Waals surface area contributed by atoms with Crippen LogP contribution in [0.15, 0.2) is 47.7 Å². The Morgan fingerprint density at radius 1 is 1.14 bits per heavy atom. The molecule has 3 N–H and O–H groups in total. The van der Waals surface area contributed by atoms with Crippen molar-refractivity contribution in [2.45, 2.75) is 19.4 Å². The second-order valence-electron chi connectivity index (χ2n) is 8.09. The molecule has 35 heavy (non-hydrogen) atoms. The van der Waals surface area contributed by atoms with E-state index in [2.05, 4.69) is 30.4 Å². The SMILES string of the molecule is CC[C@H](Nc1c(-c2nc3ccc(OCCOC)cc3[nH]2)c(=O)[nH]c2cn(C)nc12)c1ncccn1. The van der Waals surface area contributed by atoms with E-state index < -0.39 is 0 Å². The van der Waals surface area contributed by atoms with Gasteiger partial charge >= 0.3 is 0 Å². The number of pyridine rings is 1. The Hall–Kier alpha value is -4.25. The van der Waals surface area contributed by atoms with E-state index in [1.54, 1.807) is 36.4 Å². The lowest BCUT2D eigenvalue weighted by Crippen LogP contribution is -2.18. The van der Waals surface area contributed by atoms with Crippen LogP contribution in [0.1, 0.15) is 25.2 Å². The molecule has 11 heteroatoms. The molecule has 0 bridgehead atoms. The molecule has 0 aliphatic carbocycles. The number of anilines is 1. The predicted octanol–water partition coefficient (Wildman–Crippen LogP) is 3.18. The third kappa shape index (κ3) is 4.45. The Morgan fingerprint density at radius 2 is 1.97 bits per heavy atom. The molecule has 5 rings (SSSR count). The molecule has 0 fully saturated rings. The number of hydrogen-bond acceptors (Lipinski definition) is 8. The Kier molecular flexibility index (Phi) is 6.15. The summed E-state index contributed by atoms with van der Waals surface area (Å²) in [6.07, 6.45) is 5.88. The molecule has 0 aliphatic heterocycles. The van der Waals surface area contributed by atoms with Gasteiger partial charge in [0, 0.05) is 38.8 Å². The van der Waals surface area contributed by atoms with Crippen LogP contribution < -0.4 is 15.6 Å². The average molecular weight is 475 g/mol. The Balaban J connectivity index is 1.62. The lowest BCUT2D eigenvalue weighted by atomic mass is 10.1. The van der Waals surface area contributed by atoms with Crippen LogP contribution >= 0.6 is 0 Å². The standard InChI is InChI=1S/C24H26N8O3/c1-4-15(22-25-8-5-9-26-22)27-21-19(24(33)30-18-13-32(2)31-20(18)21)23-28-16-7-6-14(12-17(16)29-23)35-11-10-34-3/h5-9,12-13,15,27H,4,10-11H2,1-3H3,(H,28,29)(H,30,33)/t15-/m0/s1. The Morgan fingerprint density at radius 3 is 2.74 bits per heavy atom. The summed E-state index contributed by atoms with van der Waals surface area (Å²) in [7, 11) is 3.44. The van der Waals surface area contributed by atoms with Gasteiger partial charge in [0.25, 0.3) is 5.56 Å². The molecule has 1 aromatic carbocycles. The van der Waals surface area contributed by atoms with Crippen molar-refractivity contribution < 1.29 is 9.47 Å². The van der Waals surface area contributed by atoms with Gasteiger partial charge < -0.3 is 24.8 Å². The van der Waals surface area contributed by atoms with E-state index in [-0.39, 0.29) is 11.6 Å². The first-order valence-electron chi connectivity index (χ1n) is 11.3. The zero-order valence-corrected chi connectivity index (χ0v) is 19.7. The first-order valence-corrected chi connectivity index (χ1v) is 11.3. The van der Waals surface area contributed by atoms with Crippen LogP contribution in [0, 0.1) is 0 Å². The predicted molar refractivity (Wildman–Crippen MR) is 132 cm³/mol. The maximum atomic E-state index is 13.3. The van der Waals surface area contributed by atoms with E-state index in [0.29, 0.717) is 64.8 Å². The van der Waals surface area contributed by atoms with Crippen LogP contribution in [0.25, 0.3) is 33.5 Å². The molecule has 1 atom stereocenters. The molecule has 0 saturated heterocycles. The van der Waals surface area contributed by atoms with Crippen LogP contribution in [0.4, 0.5) is 5.69 Å². The molecule has 0 saturated carbocycles. The number of H-pyrrole nitrogens is 2. The first-order chi connectivity index (χ1) is 17.1. The number of hydrogen-bond donors (Lipinski definition) is 3. The molecule has 0 radical (unpaired) electrons. The van der Waals surface area contributed by atoms with Crippen molar-refractivity contribution in [2.24, 2.45) is 7.05 Å². The third-order valence-electron chi connectivity index (χ3n) is 5.66. The monoisotopic (exact) mass is 474 g/mol. The molecular weight excluding hydrogens is 448 g/mol. The average Bonchev–Trinajstić information content (AvgIpc) is 3.44. The minimum Gasteiger partial charge on any atom is -0.491 e. The van der Waals surface area contributed by atoms with Gasteiger partial charge in [0.2, 0.25) is 0 Å². The Labute approximate surface area is 200 Å². The van der Waals surface area contributed by atoms with Crippen molar-refractivity contribution in [3.8, 4) is 17.1 Å². The van der Waals surface area contributed by atoms with Crippen molar-refractivity contribution in [1.29, 1.82) is 0 Å². The summed E-state index contributed by atoms with van der Waals surface area (Å²) in [5.41, 5.74) is 3.36. The number of methoxy groups -OCH3 is 1. The summed E-state index contributed by atoms with van der Waals surface area (Å²) < 4.78 is 12.4. The summed E-state index contributed by atoms with van der Waals surface area (Å²) in [6, 6.07) is 7.09. The number of ether oxygens (including phenoxy) is 2. The number of nitrogens with one attached hydrogen (secondary N) is 3. The molecule has 4 heterocycles. The number of aryl methyl sites for hydroxylation is 1. The van der Waals surface area contributed by atoms with Crippen molar-refractivity contribution in [3.63, 3.8) is 0 Å². The second kappa shape index (κ2) is 9.55. The van der Waals surface area contributed by atoms with Crippen LogP contribution in [0.5, 0.6) is 5.75 Å². The number of benzene rings is 1. The fourth-order valence-corrected chi connectivity index (χ4v) is 4.00. The van der Waals surface area contributed by atoms with Crippen molar-refractivity contribution in [3.05, 3.63) is 59.0 Å². The van der Waals surface area contributed by atoms with E-state index in [9.17, 15) is 4.79 Å². The van der Waals surface area contributed by atoms with Crippen LogP contribution in [0.3, 0.4) is 0 Å². The van der Waals surface area contributed by atoms with Gasteiger partial charge in [-0.1, -0.05) is 6.92 Å². The van der Waals surface area contributed by atoms with Crippen molar-refractivity contribution in [2.75, 3.05) is 25.6 Å². The number of nitrogens with zero attached hydrogens (tertiary/aromatic N) is 5. The lowest BCUT2D eigenvalue weighted by Gasteiger charge is -2.18. The van der Waals surface area contributed by atoms with E-state index in [0.717, 1.165) is 5.52 Å². The molecule has 0 amide bonds. The summed E-state index contributed by atoms with van der Waals surface area (Å²) >= 11 is 0. The Bertz CT molecular complexity index is 1520. The van der Waals surface area contributed by atoms with Gasteiger partial charge in [-0.15, -0.1) is 0 Å². The minimum absolute atomic E-state index is 0.230. The van der Waals surface area contributed by atoms with Gasteiger partial charge in [0.1, 0.15) is 35.1 Å². The normalized spacial score (nSPS) is 12.3. The van der Waals surface area contributed by atoms with Gasteiger partial charge in [0.05, 0.1) is 34.9 Å². The van der Waals surface area contributed by atoms with E-state index >= 15 is 0 Å². The number of fused-ring (bicyclic) bond motifs is 2. The van der Waals surface area contributed by atoms with Gasteiger partial charge in [-0.3, -0.25) is 9.48 Å².